The quantitative estimate of drug-likeness (QED) is 0.151. The highest BCUT2D eigenvalue weighted by molar-refractivity contribution is 7.00. The number of fused-ring (bicyclic) bond motifs is 7. The van der Waals surface area contributed by atoms with Crippen LogP contribution in [0.3, 0.4) is 0 Å². The maximum Gasteiger partial charge on any atom is 0.252 e. The van der Waals surface area contributed by atoms with E-state index in [2.05, 4.69) is 238 Å². The molecule has 4 aliphatic heterocycles. The predicted molar refractivity (Wildman–Crippen MR) is 305 cm³/mol. The number of hydrogen-bond donors (Lipinski definition) is 0. The highest BCUT2D eigenvalue weighted by Gasteiger charge is 2.49. The van der Waals surface area contributed by atoms with Gasteiger partial charge in [0.15, 0.2) is 0 Å². The van der Waals surface area contributed by atoms with E-state index >= 15 is 0 Å². The zero-order chi connectivity index (χ0) is 50.3. The maximum atomic E-state index is 2.78. The summed E-state index contributed by atoms with van der Waals surface area (Å²) in [6.45, 7) is 44.1. The number of rotatable bonds is 1. The van der Waals surface area contributed by atoms with Gasteiger partial charge in [0.25, 0.3) is 6.71 Å². The molecule has 2 aliphatic carbocycles. The van der Waals surface area contributed by atoms with Gasteiger partial charge in [-0.05, 0) is 190 Å². The maximum absolute atomic E-state index is 2.78. The second-order valence-corrected chi connectivity index (χ2v) is 28.8. The molecule has 0 aromatic heterocycles. The molecule has 4 heterocycles. The van der Waals surface area contributed by atoms with Gasteiger partial charge in [-0.3, -0.25) is 0 Å². The molecule has 6 aromatic carbocycles. The van der Waals surface area contributed by atoms with Crippen LogP contribution in [0.2, 0.25) is 0 Å². The van der Waals surface area contributed by atoms with Crippen molar-refractivity contribution in [2.75, 3.05) is 9.80 Å². The molecule has 70 heavy (non-hydrogen) atoms. The lowest BCUT2D eigenvalue weighted by Gasteiger charge is -2.49. The summed E-state index contributed by atoms with van der Waals surface area (Å²) in [4.78, 5) is 5.47. The van der Waals surface area contributed by atoms with E-state index in [1.54, 1.807) is 5.56 Å². The fourth-order valence-electron chi connectivity index (χ4n) is 13.9. The molecule has 6 aliphatic rings. The van der Waals surface area contributed by atoms with E-state index in [0.29, 0.717) is 0 Å². The lowest BCUT2D eigenvalue weighted by atomic mass is 9.33. The van der Waals surface area contributed by atoms with Crippen LogP contribution in [0.15, 0.2) is 103 Å². The molecule has 12 rings (SSSR count). The first-order valence-corrected chi connectivity index (χ1v) is 26.9. The normalized spacial score (nSPS) is 21.1. The Balaban J connectivity index is 1.34. The molecule has 1 atom stereocenters. The van der Waals surface area contributed by atoms with E-state index in [9.17, 15) is 0 Å². The van der Waals surface area contributed by atoms with Crippen LogP contribution in [-0.4, -0.2) is 6.71 Å². The molecule has 0 N–H and O–H groups in total. The van der Waals surface area contributed by atoms with Gasteiger partial charge in [0, 0.05) is 34.0 Å². The zero-order valence-electron chi connectivity index (χ0n) is 46.3. The van der Waals surface area contributed by atoms with Crippen LogP contribution in [0.25, 0.3) is 11.1 Å². The van der Waals surface area contributed by atoms with Crippen molar-refractivity contribution in [1.29, 1.82) is 0 Å². The summed E-state index contributed by atoms with van der Waals surface area (Å²) in [5.41, 5.74) is 26.2. The van der Waals surface area contributed by atoms with E-state index in [0.717, 1.165) is 6.42 Å². The highest BCUT2D eigenvalue weighted by atomic mass is 15.2. The molecule has 3 heteroatoms. The second kappa shape index (κ2) is 14.8. The highest BCUT2D eigenvalue weighted by Crippen LogP contribution is 2.57. The van der Waals surface area contributed by atoms with Crippen molar-refractivity contribution in [1.82, 2.24) is 0 Å². The SMILES string of the molecule is CC(C)(C)c1cccc(N2c3cc(C(C)(C)C)ccc3B3c4cc5c(cc4N4c6ccc(C(C)(C)C)cc6-c6ccc7c(c6)C(C)(C)CCC7(C)CC(C)(C)c6cc2c3c4c6)C(C)(C)CCC5(C)C)c1. The molecule has 0 spiro atoms. The summed E-state index contributed by atoms with van der Waals surface area (Å²) in [6.07, 6.45) is 5.75. The van der Waals surface area contributed by atoms with Crippen LogP contribution in [0.1, 0.15) is 201 Å². The monoisotopic (exact) mass is 925 g/mol. The third-order valence-electron chi connectivity index (χ3n) is 18.6. The number of benzene rings is 6. The summed E-state index contributed by atoms with van der Waals surface area (Å²) in [6, 6.07) is 43.0. The average molecular weight is 925 g/mol. The van der Waals surface area contributed by atoms with Gasteiger partial charge in [0.2, 0.25) is 0 Å². The van der Waals surface area contributed by atoms with Gasteiger partial charge in [-0.2, -0.15) is 0 Å². The zero-order valence-corrected chi connectivity index (χ0v) is 46.3. The molecule has 0 radical (unpaired) electrons. The van der Waals surface area contributed by atoms with E-state index in [1.165, 1.54) is 126 Å². The molecule has 6 bridgehead atoms. The van der Waals surface area contributed by atoms with Gasteiger partial charge in [-0.15, -0.1) is 0 Å². The Kier molecular flexibility index (Phi) is 10.0. The summed E-state index contributed by atoms with van der Waals surface area (Å²) < 4.78 is 0. The minimum absolute atomic E-state index is 0.00533. The fourth-order valence-corrected chi connectivity index (χ4v) is 13.9. The molecule has 0 fully saturated rings. The molecule has 362 valence electrons. The molecule has 1 unspecified atom stereocenters. The van der Waals surface area contributed by atoms with Crippen LogP contribution < -0.4 is 26.2 Å². The second-order valence-electron chi connectivity index (χ2n) is 28.8. The molecular weight excluding hydrogens is 844 g/mol. The Bertz CT molecular complexity index is 3170. The van der Waals surface area contributed by atoms with Crippen molar-refractivity contribution in [2.24, 2.45) is 0 Å². The number of hydrogen-bond acceptors (Lipinski definition) is 2. The lowest BCUT2D eigenvalue weighted by Crippen LogP contribution is -2.62. The topological polar surface area (TPSA) is 6.48 Å². The van der Waals surface area contributed by atoms with Crippen LogP contribution in [0.4, 0.5) is 34.1 Å². The van der Waals surface area contributed by atoms with E-state index in [4.69, 9.17) is 0 Å². The number of anilines is 6. The van der Waals surface area contributed by atoms with Gasteiger partial charge < -0.3 is 9.80 Å². The molecule has 0 amide bonds. The fraction of sp³-hybridized carbons (Fsp3) is 0.463. The van der Waals surface area contributed by atoms with Crippen molar-refractivity contribution in [3.63, 3.8) is 0 Å². The summed E-state index contributed by atoms with van der Waals surface area (Å²) >= 11 is 0. The third-order valence-corrected chi connectivity index (χ3v) is 18.6. The van der Waals surface area contributed by atoms with Crippen molar-refractivity contribution in [2.45, 2.75) is 200 Å². The van der Waals surface area contributed by atoms with Crippen molar-refractivity contribution in [3.05, 3.63) is 148 Å². The average Bonchev–Trinajstić information content (AvgIpc) is 3.27. The van der Waals surface area contributed by atoms with Crippen LogP contribution in [0.5, 0.6) is 0 Å². The van der Waals surface area contributed by atoms with Crippen LogP contribution >= 0.6 is 0 Å². The van der Waals surface area contributed by atoms with Gasteiger partial charge in [-0.1, -0.05) is 179 Å². The molecule has 2 nitrogen and oxygen atoms in total. The van der Waals surface area contributed by atoms with Crippen LogP contribution in [-0.2, 0) is 43.3 Å². The first-order chi connectivity index (χ1) is 32.4. The molecule has 0 saturated heterocycles. The van der Waals surface area contributed by atoms with Crippen molar-refractivity contribution < 1.29 is 0 Å². The lowest BCUT2D eigenvalue weighted by molar-refractivity contribution is 0.251. The van der Waals surface area contributed by atoms with E-state index in [1.807, 2.05) is 0 Å². The summed E-state index contributed by atoms with van der Waals surface area (Å²) in [5.74, 6) is 0. The van der Waals surface area contributed by atoms with E-state index in [-0.39, 0.29) is 50.0 Å². The molecule has 6 aromatic rings. The Morgan fingerprint density at radius 1 is 0.414 bits per heavy atom. The Morgan fingerprint density at radius 3 is 1.60 bits per heavy atom. The standard InChI is InChI=1S/C67H81BN2/c1-60(2,3)42-20-19-21-46(33-42)69-55-35-44(62(7,8)9)23-26-52(55)68-53-38-50-51(64(12,13)29-28-63(50,10)11)39-56(53)70-54-27-24-43(61(4,5)6)34-47(54)41-22-25-48-49(32-41)65(14,15)30-31-67(48,18)40-66(16,17)45-36-57(69)59(68)58(70)37-45/h19-27,32-39H,28-31,40H2,1-18H3. The van der Waals surface area contributed by atoms with E-state index < -0.39 is 0 Å². The number of nitrogens with zero attached hydrogens (tertiary/aromatic N) is 2. The van der Waals surface area contributed by atoms with Crippen molar-refractivity contribution in [3.8, 4) is 11.1 Å². The van der Waals surface area contributed by atoms with Crippen molar-refractivity contribution >= 4 is 57.2 Å². The third kappa shape index (κ3) is 7.15. The smallest absolute Gasteiger partial charge is 0.252 e. The first kappa shape index (κ1) is 47.3. The van der Waals surface area contributed by atoms with Gasteiger partial charge in [-0.25, -0.2) is 0 Å². The largest absolute Gasteiger partial charge is 0.311 e. The Morgan fingerprint density at radius 2 is 0.957 bits per heavy atom. The van der Waals surface area contributed by atoms with Gasteiger partial charge in [0.05, 0.1) is 5.69 Å². The Labute approximate surface area is 423 Å². The summed E-state index contributed by atoms with van der Waals surface area (Å²) in [7, 11) is 0. The van der Waals surface area contributed by atoms with Gasteiger partial charge in [0.1, 0.15) is 0 Å². The van der Waals surface area contributed by atoms with Crippen LogP contribution in [0, 0.1) is 0 Å². The van der Waals surface area contributed by atoms with Gasteiger partial charge >= 0.3 is 0 Å². The molecular formula is C67H81BN2. The minimum atomic E-state index is -0.166. The summed E-state index contributed by atoms with van der Waals surface area (Å²) in [5, 5.41) is 0. The Hall–Kier alpha value is -5.02. The predicted octanol–water partition coefficient (Wildman–Crippen LogP) is 16.7. The minimum Gasteiger partial charge on any atom is -0.311 e. The first-order valence-electron chi connectivity index (χ1n) is 26.9. The molecule has 0 saturated carbocycles.